The van der Waals surface area contributed by atoms with Crippen molar-refractivity contribution in [2.75, 3.05) is 4.90 Å². The Morgan fingerprint density at radius 2 is 0.486 bits per heavy atom. The molecule has 0 unspecified atom stereocenters. The van der Waals surface area contributed by atoms with Gasteiger partial charge in [-0.3, -0.25) is 0 Å². The van der Waals surface area contributed by atoms with Gasteiger partial charge in [0.25, 0.3) is 0 Å². The lowest BCUT2D eigenvalue weighted by Gasteiger charge is -2.26. The van der Waals surface area contributed by atoms with Crippen LogP contribution in [-0.4, -0.2) is 0 Å². The Hall–Kier alpha value is -8.12. The molecule has 12 rings (SSSR count). The van der Waals surface area contributed by atoms with E-state index in [1.165, 1.54) is 95.0 Å². The quantitative estimate of drug-likeness (QED) is 0.118. The molecule has 1 nitrogen and oxygen atoms in total. The molecule has 3 heterocycles. The predicted molar refractivity (Wildman–Crippen MR) is 310 cm³/mol. The largest absolute Gasteiger partial charge is 0.311 e. The van der Waals surface area contributed by atoms with E-state index >= 15 is 0 Å². The van der Waals surface area contributed by atoms with Crippen molar-refractivity contribution in [3.8, 4) is 33.4 Å². The highest BCUT2D eigenvalue weighted by atomic mass is 32.1. The molecule has 70 heavy (non-hydrogen) atoms. The highest BCUT2D eigenvalue weighted by Crippen LogP contribution is 2.38. The van der Waals surface area contributed by atoms with Crippen LogP contribution in [0.2, 0.25) is 0 Å². The lowest BCUT2D eigenvalue weighted by atomic mass is 10.0. The Balaban J connectivity index is 0.790. The van der Waals surface area contributed by atoms with Crippen LogP contribution in [0.4, 0.5) is 17.1 Å². The number of benzene rings is 9. The van der Waals surface area contributed by atoms with Crippen LogP contribution >= 0.6 is 34.0 Å². The maximum atomic E-state index is 2.35. The van der Waals surface area contributed by atoms with Crippen LogP contribution < -0.4 is 4.90 Å². The smallest absolute Gasteiger partial charge is 0.0462 e. The summed E-state index contributed by atoms with van der Waals surface area (Å²) >= 11 is 5.47. The first-order valence-electron chi connectivity index (χ1n) is 23.5. The summed E-state index contributed by atoms with van der Waals surface area (Å²) < 4.78 is 3.95. The molecule has 3 aromatic heterocycles. The van der Waals surface area contributed by atoms with Gasteiger partial charge < -0.3 is 4.90 Å². The molecule has 0 radical (unpaired) electrons. The fourth-order valence-electron chi connectivity index (χ4n) is 9.00. The predicted octanol–water partition coefficient (Wildman–Crippen LogP) is 20.3. The first kappa shape index (κ1) is 43.2. The summed E-state index contributed by atoms with van der Waals surface area (Å²) in [6, 6.07) is 85.9. The zero-order chi connectivity index (χ0) is 46.6. The van der Waals surface area contributed by atoms with Gasteiger partial charge >= 0.3 is 0 Å². The number of rotatable bonds is 12. The van der Waals surface area contributed by atoms with E-state index in [9.17, 15) is 0 Å². The first-order valence-corrected chi connectivity index (χ1v) is 26.0. The van der Waals surface area contributed by atoms with Crippen molar-refractivity contribution in [3.05, 3.63) is 268 Å². The third kappa shape index (κ3) is 9.49. The second kappa shape index (κ2) is 19.5. The zero-order valence-corrected chi connectivity index (χ0v) is 40.6. The van der Waals surface area contributed by atoms with E-state index in [1.807, 2.05) is 34.0 Å². The molecule has 9 aromatic carbocycles. The second-order valence-electron chi connectivity index (χ2n) is 17.4. The van der Waals surface area contributed by atoms with Gasteiger partial charge in [-0.05, 0) is 157 Å². The van der Waals surface area contributed by atoms with E-state index in [0.29, 0.717) is 0 Å². The van der Waals surface area contributed by atoms with Gasteiger partial charge in [0.15, 0.2) is 0 Å². The molecular formula is C66H45NS3. The molecule has 12 aromatic rings. The highest BCUT2D eigenvalue weighted by Gasteiger charge is 2.14. The van der Waals surface area contributed by atoms with Gasteiger partial charge in [-0.25, -0.2) is 0 Å². The normalized spacial score (nSPS) is 11.8. The summed E-state index contributed by atoms with van der Waals surface area (Å²) in [5.74, 6) is 0. The van der Waals surface area contributed by atoms with E-state index < -0.39 is 0 Å². The number of fused-ring (bicyclic) bond motifs is 3. The van der Waals surface area contributed by atoms with E-state index in [-0.39, 0.29) is 0 Å². The summed E-state index contributed by atoms with van der Waals surface area (Å²) in [5.41, 5.74) is 13.9. The fourth-order valence-corrected chi connectivity index (χ4v) is 11.9. The van der Waals surface area contributed by atoms with Crippen LogP contribution in [0.5, 0.6) is 0 Å². The minimum atomic E-state index is 1.09. The Morgan fingerprint density at radius 1 is 0.243 bits per heavy atom. The average molecular weight is 948 g/mol. The number of hydrogen-bond acceptors (Lipinski definition) is 4. The maximum absolute atomic E-state index is 2.35. The molecule has 0 spiro atoms. The van der Waals surface area contributed by atoms with Crippen LogP contribution in [0, 0.1) is 0 Å². The number of anilines is 3. The summed E-state index contributed by atoms with van der Waals surface area (Å²) in [7, 11) is 0. The number of hydrogen-bond donors (Lipinski definition) is 0. The summed E-state index contributed by atoms with van der Waals surface area (Å²) in [6.45, 7) is 0. The third-order valence-corrected chi connectivity index (χ3v) is 16.0. The molecule has 0 saturated carbocycles. The van der Waals surface area contributed by atoms with Crippen molar-refractivity contribution in [2.24, 2.45) is 0 Å². The summed E-state index contributed by atoms with van der Waals surface area (Å²) in [4.78, 5) is 6.14. The minimum Gasteiger partial charge on any atom is -0.311 e. The van der Waals surface area contributed by atoms with Crippen molar-refractivity contribution < 1.29 is 0 Å². The Morgan fingerprint density at radius 3 is 0.743 bits per heavy atom. The molecule has 0 amide bonds. The molecule has 0 saturated heterocycles. The molecule has 0 aliphatic carbocycles. The lowest BCUT2D eigenvalue weighted by Crippen LogP contribution is -2.09. The SMILES string of the molecule is C(=Cc1cc2ccccc2s1)c1ccc(-c2ccc(N(c3ccc(-c4ccc(C=Cc5cc6ccccc6s5)cc4)cc3)c3ccc(-c4ccc(C=Cc5cc6ccccc6s5)cc4)cc3)cc2)cc1. The fraction of sp³-hybridized carbons (Fsp3) is 0. The van der Waals surface area contributed by atoms with Crippen molar-refractivity contribution in [2.45, 2.75) is 0 Å². The third-order valence-electron chi connectivity index (χ3n) is 12.8. The first-order chi connectivity index (χ1) is 34.6. The molecular weight excluding hydrogens is 903 g/mol. The molecule has 0 bridgehead atoms. The van der Waals surface area contributed by atoms with Gasteiger partial charge in [0.1, 0.15) is 0 Å². The highest BCUT2D eigenvalue weighted by molar-refractivity contribution is 7.20. The van der Waals surface area contributed by atoms with E-state index in [0.717, 1.165) is 17.1 Å². The maximum Gasteiger partial charge on any atom is 0.0462 e. The average Bonchev–Trinajstić information content (AvgIpc) is 4.17. The Bertz CT molecular complexity index is 3320. The van der Waals surface area contributed by atoms with Crippen molar-refractivity contribution in [3.63, 3.8) is 0 Å². The number of nitrogens with zero attached hydrogens (tertiary/aromatic N) is 1. The van der Waals surface area contributed by atoms with Gasteiger partial charge in [0, 0.05) is 45.8 Å². The van der Waals surface area contributed by atoms with Gasteiger partial charge in [-0.1, -0.05) is 182 Å². The molecule has 332 valence electrons. The van der Waals surface area contributed by atoms with Crippen LogP contribution in [0.3, 0.4) is 0 Å². The van der Waals surface area contributed by atoms with Gasteiger partial charge in [-0.15, -0.1) is 34.0 Å². The van der Waals surface area contributed by atoms with E-state index in [1.54, 1.807) is 0 Å². The standard InChI is InChI=1S/C66H45NS3/c1-4-10-64-55(7-1)43-61(68-64)40-19-46-13-22-49(23-14-46)52-28-34-58(35-29-52)67(59-36-30-53(31-37-59)50-24-15-47(16-25-50)20-41-62-44-56-8-2-5-11-65(56)69-62)60-38-32-54(33-39-60)51-26-17-48(18-27-51)21-42-63-45-57-9-3-6-12-66(57)70-63/h1-45H. The zero-order valence-electron chi connectivity index (χ0n) is 38.2. The second-order valence-corrected chi connectivity index (χ2v) is 20.7. The topological polar surface area (TPSA) is 3.24 Å². The lowest BCUT2D eigenvalue weighted by molar-refractivity contribution is 1.28. The van der Waals surface area contributed by atoms with Crippen molar-refractivity contribution >= 4 is 118 Å². The Kier molecular flexibility index (Phi) is 12.0. The van der Waals surface area contributed by atoms with Crippen LogP contribution in [0.15, 0.2) is 237 Å². The van der Waals surface area contributed by atoms with Gasteiger partial charge in [0.2, 0.25) is 0 Å². The summed E-state index contributed by atoms with van der Waals surface area (Å²) in [5, 5.41) is 3.88. The molecule has 0 aliphatic heterocycles. The summed E-state index contributed by atoms with van der Waals surface area (Å²) in [6.07, 6.45) is 13.3. The minimum absolute atomic E-state index is 1.09. The van der Waals surface area contributed by atoms with Crippen LogP contribution in [0.25, 0.3) is 100 Å². The van der Waals surface area contributed by atoms with Gasteiger partial charge in [0.05, 0.1) is 0 Å². The van der Waals surface area contributed by atoms with E-state index in [4.69, 9.17) is 0 Å². The monoisotopic (exact) mass is 947 g/mol. The van der Waals surface area contributed by atoms with Crippen LogP contribution in [-0.2, 0) is 0 Å². The van der Waals surface area contributed by atoms with E-state index in [2.05, 4.69) is 278 Å². The number of thiophene rings is 3. The molecule has 0 N–H and O–H groups in total. The van der Waals surface area contributed by atoms with Crippen LogP contribution in [0.1, 0.15) is 31.3 Å². The van der Waals surface area contributed by atoms with Crippen molar-refractivity contribution in [1.82, 2.24) is 0 Å². The molecule has 4 heteroatoms. The molecule has 0 atom stereocenters. The molecule has 0 fully saturated rings. The molecule has 0 aliphatic rings. The van der Waals surface area contributed by atoms with Crippen molar-refractivity contribution in [1.29, 1.82) is 0 Å². The Labute approximate surface area is 421 Å². The van der Waals surface area contributed by atoms with Gasteiger partial charge in [-0.2, -0.15) is 0 Å².